The summed E-state index contributed by atoms with van der Waals surface area (Å²) in [4.78, 5) is 28.9. The Morgan fingerprint density at radius 1 is 0.667 bits per heavy atom. The monoisotopic (exact) mass is 637 g/mol. The molecule has 2 saturated heterocycles. The molecule has 0 aromatic carbocycles. The van der Waals surface area contributed by atoms with Crippen LogP contribution in [0.2, 0.25) is 0 Å². The van der Waals surface area contributed by atoms with E-state index >= 15 is 0 Å². The second kappa shape index (κ2) is 15.0. The molecule has 0 unspecified atom stereocenters. The van der Waals surface area contributed by atoms with Crippen LogP contribution in [0.4, 0.5) is 0 Å². The number of nitrogens with one attached hydrogen (secondary N) is 6. The highest BCUT2D eigenvalue weighted by molar-refractivity contribution is 7.80. The number of carbonyl (C=O) groups is 2. The number of hydrogen-bond acceptors (Lipinski definition) is 15. The van der Waals surface area contributed by atoms with Gasteiger partial charge in [0.1, 0.15) is 60.2 Å². The van der Waals surface area contributed by atoms with Crippen molar-refractivity contribution in [3.63, 3.8) is 0 Å². The molecule has 21 heteroatoms. The number of hydrogen-bond donors (Lipinski definition) is 14. The molecular weight excluding hydrogens is 606 g/mol. The van der Waals surface area contributed by atoms with Crippen molar-refractivity contribution in [1.82, 2.24) is 37.3 Å². The number of nitrogens with zero attached hydrogens (tertiary/aromatic N) is 1. The van der Waals surface area contributed by atoms with E-state index in [-0.39, 0.29) is 21.6 Å². The molecule has 10 atom stereocenters. The van der Waals surface area contributed by atoms with Gasteiger partial charge in [0.2, 0.25) is 0 Å². The molecule has 2 aliphatic heterocycles. The van der Waals surface area contributed by atoms with Crippen molar-refractivity contribution in [1.29, 1.82) is 0 Å². The molecule has 0 spiro atoms. The van der Waals surface area contributed by atoms with E-state index in [1.54, 1.807) is 0 Å². The first kappa shape index (κ1) is 33.6. The third-order valence-corrected chi connectivity index (χ3v) is 6.56. The smallest absolute Gasteiger partial charge is 0.288 e. The number of thiocarbonyl (C=S) groups is 2. The van der Waals surface area contributed by atoms with Gasteiger partial charge in [-0.25, -0.2) is 4.98 Å². The van der Waals surface area contributed by atoms with Gasteiger partial charge in [-0.05, 0) is 36.6 Å². The summed E-state index contributed by atoms with van der Waals surface area (Å²) in [5.41, 5.74) is 8.58. The number of aliphatic hydroxyl groups excluding tert-OH is 8. The number of ether oxygens (including phenoxy) is 2. The number of rotatable bonds is 6. The first-order chi connectivity index (χ1) is 19.9. The van der Waals surface area contributed by atoms with Gasteiger partial charge in [0.15, 0.2) is 22.7 Å². The molecule has 19 nitrogen and oxygen atoms in total. The molecule has 1 aromatic rings. The van der Waals surface area contributed by atoms with Gasteiger partial charge >= 0.3 is 0 Å². The third kappa shape index (κ3) is 8.12. The second-order valence-electron chi connectivity index (χ2n) is 9.01. The molecule has 1 aromatic heterocycles. The van der Waals surface area contributed by atoms with Crippen LogP contribution in [0.3, 0.4) is 0 Å². The zero-order valence-electron chi connectivity index (χ0n) is 21.4. The van der Waals surface area contributed by atoms with Crippen molar-refractivity contribution in [2.45, 2.75) is 61.3 Å². The molecule has 2 aliphatic rings. The maximum Gasteiger partial charge on any atom is 0.288 e. The predicted molar refractivity (Wildman–Crippen MR) is 144 cm³/mol. The Balaban J connectivity index is 1.48. The number of hydrazine groups is 2. The van der Waals surface area contributed by atoms with Crippen LogP contribution < -0.4 is 32.3 Å². The van der Waals surface area contributed by atoms with Gasteiger partial charge in [0.25, 0.3) is 11.8 Å². The van der Waals surface area contributed by atoms with E-state index in [1.807, 2.05) is 0 Å². The van der Waals surface area contributed by atoms with Crippen molar-refractivity contribution in [3.05, 3.63) is 29.6 Å². The fraction of sp³-hybridized carbons (Fsp3) is 0.571. The van der Waals surface area contributed by atoms with Crippen LogP contribution in [0.1, 0.15) is 21.0 Å². The predicted octanol–water partition coefficient (Wildman–Crippen LogP) is -7.10. The highest BCUT2D eigenvalue weighted by Crippen LogP contribution is 2.20. The van der Waals surface area contributed by atoms with E-state index in [2.05, 4.69) is 37.3 Å². The lowest BCUT2D eigenvalue weighted by Crippen LogP contribution is -2.64. The quantitative estimate of drug-likeness (QED) is 0.102. The lowest BCUT2D eigenvalue weighted by molar-refractivity contribution is -0.232. The fourth-order valence-corrected chi connectivity index (χ4v) is 4.15. The van der Waals surface area contributed by atoms with Crippen molar-refractivity contribution < 1.29 is 59.9 Å². The van der Waals surface area contributed by atoms with Crippen LogP contribution in [-0.2, 0) is 9.47 Å². The van der Waals surface area contributed by atoms with E-state index in [0.717, 1.165) is 0 Å². The summed E-state index contributed by atoms with van der Waals surface area (Å²) in [6.07, 6.45) is -14.7. The van der Waals surface area contributed by atoms with Gasteiger partial charge in [0.05, 0.1) is 13.2 Å². The van der Waals surface area contributed by atoms with Crippen LogP contribution in [0.25, 0.3) is 0 Å². The molecule has 0 bridgehead atoms. The molecule has 3 rings (SSSR count). The summed E-state index contributed by atoms with van der Waals surface area (Å²) in [5, 5.41) is 82.4. The Bertz CT molecular complexity index is 1050. The number of amides is 2. The Kier molecular flexibility index (Phi) is 12.0. The van der Waals surface area contributed by atoms with E-state index in [1.165, 1.54) is 18.2 Å². The van der Waals surface area contributed by atoms with Crippen molar-refractivity contribution in [2.24, 2.45) is 0 Å². The maximum absolute atomic E-state index is 12.5. The van der Waals surface area contributed by atoms with Crippen molar-refractivity contribution in [3.8, 4) is 0 Å². The summed E-state index contributed by atoms with van der Waals surface area (Å²) in [7, 11) is 0. The minimum atomic E-state index is -1.64. The molecular formula is C21H31N7O12S2. The van der Waals surface area contributed by atoms with E-state index in [0.29, 0.717) is 0 Å². The Morgan fingerprint density at radius 2 is 1.05 bits per heavy atom. The molecule has 14 N–H and O–H groups in total. The van der Waals surface area contributed by atoms with Crippen LogP contribution in [-0.4, -0.2) is 142 Å². The first-order valence-electron chi connectivity index (χ1n) is 12.2. The molecule has 2 amide bonds. The van der Waals surface area contributed by atoms with Crippen LogP contribution in [0.5, 0.6) is 0 Å². The van der Waals surface area contributed by atoms with E-state index in [4.69, 9.17) is 33.9 Å². The molecule has 234 valence electrons. The molecule has 2 fully saturated rings. The average molecular weight is 638 g/mol. The van der Waals surface area contributed by atoms with Crippen LogP contribution in [0, 0.1) is 0 Å². The van der Waals surface area contributed by atoms with Gasteiger partial charge in [0, 0.05) is 0 Å². The van der Waals surface area contributed by atoms with Gasteiger partial charge in [-0.3, -0.25) is 31.3 Å². The summed E-state index contributed by atoms with van der Waals surface area (Å²) in [5.74, 6) is -1.68. The zero-order valence-corrected chi connectivity index (χ0v) is 23.0. The first-order valence-corrected chi connectivity index (χ1v) is 13.0. The lowest BCUT2D eigenvalue weighted by atomic mass is 9.98. The summed E-state index contributed by atoms with van der Waals surface area (Å²) < 4.78 is 10.5. The van der Waals surface area contributed by atoms with Gasteiger partial charge < -0.3 is 61.0 Å². The van der Waals surface area contributed by atoms with E-state index < -0.39 is 86.3 Å². The molecule has 42 heavy (non-hydrogen) atoms. The topological polar surface area (TPSA) is 300 Å². The SMILES string of the molecule is O=C(NNC(=S)N[C@@H]1O[C@H](CO)[C@H](O)[C@H](O)[C@@H]1O)c1cccc(C(=O)NNC(=S)N[C@@H]2O[C@H](CO)[C@H](O)[C@H](O)[C@@H]2O)n1. The number of carbonyl (C=O) groups excluding carboxylic acids is 2. The third-order valence-electron chi connectivity index (χ3n) is 6.12. The van der Waals surface area contributed by atoms with Crippen LogP contribution in [0.15, 0.2) is 18.2 Å². The minimum absolute atomic E-state index is 0.229. The Morgan fingerprint density at radius 3 is 1.40 bits per heavy atom. The second-order valence-corrected chi connectivity index (χ2v) is 9.83. The summed E-state index contributed by atoms with van der Waals surface area (Å²) in [6.45, 7) is -1.29. The van der Waals surface area contributed by atoms with E-state index in [9.17, 15) is 50.4 Å². The van der Waals surface area contributed by atoms with Gasteiger partial charge in [-0.15, -0.1) is 0 Å². The Hall–Kier alpha value is -2.93. The number of aliphatic hydroxyl groups is 8. The fourth-order valence-electron chi connectivity index (χ4n) is 3.81. The van der Waals surface area contributed by atoms with Crippen molar-refractivity contribution in [2.75, 3.05) is 13.2 Å². The summed E-state index contributed by atoms with van der Waals surface area (Å²) in [6, 6.07) is 3.91. The zero-order chi connectivity index (χ0) is 31.1. The average Bonchev–Trinajstić information content (AvgIpc) is 2.99. The van der Waals surface area contributed by atoms with Gasteiger partial charge in [-0.2, -0.15) is 0 Å². The molecule has 3 heterocycles. The molecule has 0 aliphatic carbocycles. The highest BCUT2D eigenvalue weighted by Gasteiger charge is 2.44. The number of aromatic nitrogens is 1. The molecule has 0 saturated carbocycles. The Labute approximate surface area is 247 Å². The highest BCUT2D eigenvalue weighted by atomic mass is 32.1. The maximum atomic E-state index is 12.5. The summed E-state index contributed by atoms with van der Waals surface area (Å²) >= 11 is 10.0. The largest absolute Gasteiger partial charge is 0.394 e. The van der Waals surface area contributed by atoms with Crippen molar-refractivity contribution >= 4 is 46.5 Å². The molecule has 0 radical (unpaired) electrons. The van der Waals surface area contributed by atoms with Crippen LogP contribution >= 0.6 is 24.4 Å². The number of pyridine rings is 1. The normalized spacial score (nSPS) is 32.7. The van der Waals surface area contributed by atoms with Gasteiger partial charge in [-0.1, -0.05) is 6.07 Å². The standard InChI is InChI=1S/C21H31N7O12S2/c29-4-8-10(31)12(33)14(35)18(39-8)23-20(41)27-25-16(37)6-2-1-3-7(22-6)17(38)26-28-21(42)24-19-15(36)13(34)11(32)9(5-30)40-19/h1-3,8-15,18-19,29-36H,4-5H2,(H,25,37)(H,26,38)(H2,23,27,41)(H2,24,28,42)/t8-,9-,10+,11+,12+,13+,14+,15+,18-,19-/m1/s1. The minimum Gasteiger partial charge on any atom is -0.394 e. The lowest BCUT2D eigenvalue weighted by Gasteiger charge is -2.40.